The predicted octanol–water partition coefficient (Wildman–Crippen LogP) is 2.65. The number of nitrogens with zero attached hydrogens (tertiary/aromatic N) is 1. The first-order valence-corrected chi connectivity index (χ1v) is 10.8. The van der Waals surface area contributed by atoms with Crippen molar-refractivity contribution < 1.29 is 13.2 Å². The molecule has 2 heterocycles. The molecule has 1 aromatic heterocycles. The van der Waals surface area contributed by atoms with Crippen molar-refractivity contribution in [1.82, 2.24) is 10.3 Å². The maximum atomic E-state index is 12.9. The molecule has 26 heavy (non-hydrogen) atoms. The molecule has 0 spiro atoms. The lowest BCUT2D eigenvalue weighted by atomic mass is 9.95. The molecule has 1 amide bonds. The number of sulfone groups is 1. The van der Waals surface area contributed by atoms with Gasteiger partial charge >= 0.3 is 0 Å². The van der Waals surface area contributed by atoms with Gasteiger partial charge in [0.1, 0.15) is 5.01 Å². The second kappa shape index (κ2) is 8.04. The van der Waals surface area contributed by atoms with E-state index in [1.54, 1.807) is 6.07 Å². The van der Waals surface area contributed by atoms with Crippen molar-refractivity contribution in [1.29, 1.82) is 0 Å². The van der Waals surface area contributed by atoms with E-state index in [2.05, 4.69) is 15.6 Å². The Morgan fingerprint density at radius 1 is 1.31 bits per heavy atom. The normalized spacial score (nSPS) is 16.5. The van der Waals surface area contributed by atoms with E-state index in [1.807, 2.05) is 30.5 Å². The molecule has 1 saturated heterocycles. The summed E-state index contributed by atoms with van der Waals surface area (Å²) in [6, 6.07) is 7.34. The first-order valence-electron chi connectivity index (χ1n) is 8.06. The topological polar surface area (TPSA) is 88.2 Å². The van der Waals surface area contributed by atoms with Crippen molar-refractivity contribution in [3.05, 3.63) is 35.3 Å². The van der Waals surface area contributed by atoms with Gasteiger partial charge in [0.05, 0.1) is 0 Å². The fraction of sp³-hybridized carbons (Fsp3) is 0.412. The summed E-state index contributed by atoms with van der Waals surface area (Å²) in [7, 11) is -3.53. The number of hydrogen-bond donors (Lipinski definition) is 2. The molecule has 1 fully saturated rings. The minimum absolute atomic E-state index is 0. The highest BCUT2D eigenvalue weighted by Gasteiger charge is 2.48. The summed E-state index contributed by atoms with van der Waals surface area (Å²) in [4.78, 5) is 17.3. The Hall–Kier alpha value is -1.48. The lowest BCUT2D eigenvalue weighted by Gasteiger charge is -2.34. The van der Waals surface area contributed by atoms with Gasteiger partial charge in [-0.3, -0.25) is 4.79 Å². The number of rotatable bonds is 4. The number of halogens is 1. The maximum absolute atomic E-state index is 12.9. The van der Waals surface area contributed by atoms with E-state index in [-0.39, 0.29) is 25.2 Å². The van der Waals surface area contributed by atoms with Crippen LogP contribution in [-0.4, -0.2) is 43.4 Å². The fourth-order valence-electron chi connectivity index (χ4n) is 3.06. The van der Waals surface area contributed by atoms with Gasteiger partial charge in [0.15, 0.2) is 14.6 Å². The molecular formula is C17H22ClN3O3S2. The summed E-state index contributed by atoms with van der Waals surface area (Å²) < 4.78 is 23.3. The molecule has 9 heteroatoms. The number of carbonyl (C=O) groups is 1. The molecule has 0 radical (unpaired) electrons. The van der Waals surface area contributed by atoms with Crippen LogP contribution in [0.1, 0.15) is 18.5 Å². The zero-order valence-corrected chi connectivity index (χ0v) is 17.1. The van der Waals surface area contributed by atoms with Crippen LogP contribution in [0.4, 0.5) is 5.69 Å². The van der Waals surface area contributed by atoms with Gasteiger partial charge in [-0.05, 0) is 45.0 Å². The zero-order valence-electron chi connectivity index (χ0n) is 14.6. The number of benzene rings is 1. The quantitative estimate of drug-likeness (QED) is 0.801. The number of thiazole rings is 1. The van der Waals surface area contributed by atoms with E-state index in [0.29, 0.717) is 18.8 Å². The third-order valence-corrected chi connectivity index (χ3v) is 7.54. The van der Waals surface area contributed by atoms with Crippen LogP contribution in [0.5, 0.6) is 0 Å². The van der Waals surface area contributed by atoms with Gasteiger partial charge in [-0.1, -0.05) is 12.1 Å². The molecule has 1 aliphatic rings. The van der Waals surface area contributed by atoms with Crippen molar-refractivity contribution in [3.63, 3.8) is 0 Å². The number of aromatic nitrogens is 1. The summed E-state index contributed by atoms with van der Waals surface area (Å²) in [5.41, 5.74) is 2.42. The van der Waals surface area contributed by atoms with E-state index < -0.39 is 20.5 Å². The van der Waals surface area contributed by atoms with Gasteiger partial charge in [-0.15, -0.1) is 23.7 Å². The van der Waals surface area contributed by atoms with Crippen molar-refractivity contribution in [2.45, 2.75) is 24.5 Å². The fourth-order valence-corrected chi connectivity index (χ4v) is 5.19. The summed E-state index contributed by atoms with van der Waals surface area (Å²) in [5, 5.41) is 8.75. The Bertz CT molecular complexity index is 890. The molecule has 0 atom stereocenters. The largest absolute Gasteiger partial charge is 0.325 e. The molecule has 0 aliphatic carbocycles. The zero-order chi connectivity index (χ0) is 18.1. The first kappa shape index (κ1) is 20.8. The average Bonchev–Trinajstić information content (AvgIpc) is 3.01. The maximum Gasteiger partial charge on any atom is 0.245 e. The standard InChI is InChI=1S/C17H21N3O3S2.ClH/c1-12-11-24-15(19-12)13-4-3-5-14(10-13)20-16(21)17(25(2,22)23)6-8-18-9-7-17;/h3-5,10-11,18H,6-9H2,1-2H3,(H,20,21);1H. The van der Waals surface area contributed by atoms with Crippen molar-refractivity contribution in [2.75, 3.05) is 24.7 Å². The van der Waals surface area contributed by atoms with E-state index >= 15 is 0 Å². The molecule has 0 unspecified atom stereocenters. The number of aryl methyl sites for hydroxylation is 1. The number of hydrogen-bond acceptors (Lipinski definition) is 6. The van der Waals surface area contributed by atoms with Crippen LogP contribution in [0.3, 0.4) is 0 Å². The van der Waals surface area contributed by atoms with E-state index in [0.717, 1.165) is 22.5 Å². The summed E-state index contributed by atoms with van der Waals surface area (Å²) in [6.45, 7) is 2.95. The highest BCUT2D eigenvalue weighted by atomic mass is 35.5. The predicted molar refractivity (Wildman–Crippen MR) is 108 cm³/mol. The molecule has 0 saturated carbocycles. The van der Waals surface area contributed by atoms with E-state index in [9.17, 15) is 13.2 Å². The van der Waals surface area contributed by atoms with E-state index in [4.69, 9.17) is 0 Å². The molecule has 0 bridgehead atoms. The highest BCUT2D eigenvalue weighted by Crippen LogP contribution is 2.31. The van der Waals surface area contributed by atoms with Crippen LogP contribution < -0.4 is 10.6 Å². The second-order valence-electron chi connectivity index (χ2n) is 6.35. The van der Waals surface area contributed by atoms with Crippen LogP contribution in [0.2, 0.25) is 0 Å². The van der Waals surface area contributed by atoms with Crippen LogP contribution in [0.15, 0.2) is 29.6 Å². The van der Waals surface area contributed by atoms with Crippen molar-refractivity contribution in [3.8, 4) is 10.6 Å². The summed E-state index contributed by atoms with van der Waals surface area (Å²) >= 11 is 1.53. The third-order valence-electron chi connectivity index (χ3n) is 4.52. The minimum atomic E-state index is -3.53. The molecule has 3 rings (SSSR count). The third kappa shape index (κ3) is 4.09. The van der Waals surface area contributed by atoms with Gasteiger partial charge in [-0.25, -0.2) is 13.4 Å². The van der Waals surface area contributed by atoms with E-state index in [1.165, 1.54) is 11.3 Å². The Kier molecular flexibility index (Phi) is 6.44. The molecule has 2 N–H and O–H groups in total. The lowest BCUT2D eigenvalue weighted by Crippen LogP contribution is -2.55. The number of piperidine rings is 1. The monoisotopic (exact) mass is 415 g/mol. The second-order valence-corrected chi connectivity index (χ2v) is 9.53. The Labute approximate surface area is 163 Å². The van der Waals surface area contributed by atoms with Crippen molar-refractivity contribution in [2.24, 2.45) is 0 Å². The van der Waals surface area contributed by atoms with Crippen molar-refractivity contribution >= 4 is 45.2 Å². The molecule has 6 nitrogen and oxygen atoms in total. The van der Waals surface area contributed by atoms with Gasteiger partial charge in [0.25, 0.3) is 0 Å². The summed E-state index contributed by atoms with van der Waals surface area (Å²) in [5.74, 6) is -0.455. The molecule has 2 aromatic rings. The van der Waals surface area contributed by atoms with Crippen LogP contribution in [-0.2, 0) is 14.6 Å². The molecule has 1 aliphatic heterocycles. The average molecular weight is 416 g/mol. The Morgan fingerprint density at radius 2 is 2.00 bits per heavy atom. The first-order chi connectivity index (χ1) is 11.8. The van der Waals surface area contributed by atoms with Crippen LogP contribution in [0.25, 0.3) is 10.6 Å². The number of amides is 1. The highest BCUT2D eigenvalue weighted by molar-refractivity contribution is 7.92. The number of anilines is 1. The summed E-state index contributed by atoms with van der Waals surface area (Å²) in [6.07, 6.45) is 1.71. The minimum Gasteiger partial charge on any atom is -0.325 e. The van der Waals surface area contributed by atoms with Crippen LogP contribution >= 0.6 is 23.7 Å². The lowest BCUT2D eigenvalue weighted by molar-refractivity contribution is -0.119. The van der Waals surface area contributed by atoms with Crippen LogP contribution in [0, 0.1) is 6.92 Å². The number of carbonyl (C=O) groups excluding carboxylic acids is 1. The van der Waals surface area contributed by atoms with Gasteiger partial charge in [0, 0.05) is 28.6 Å². The molecular weight excluding hydrogens is 394 g/mol. The van der Waals surface area contributed by atoms with Gasteiger partial charge < -0.3 is 10.6 Å². The smallest absolute Gasteiger partial charge is 0.245 e. The van der Waals surface area contributed by atoms with Gasteiger partial charge in [-0.2, -0.15) is 0 Å². The van der Waals surface area contributed by atoms with Gasteiger partial charge in [0.2, 0.25) is 5.91 Å². The SMILES string of the molecule is Cc1csc(-c2cccc(NC(=O)C3(S(C)(=O)=O)CCNCC3)c2)n1.Cl. The molecule has 1 aromatic carbocycles. The number of nitrogens with one attached hydrogen (secondary N) is 2. The Morgan fingerprint density at radius 3 is 2.58 bits per heavy atom. The Balaban J connectivity index is 0.00000243. The molecule has 142 valence electrons.